The van der Waals surface area contributed by atoms with Gasteiger partial charge in [-0.25, -0.2) is 0 Å². The fourth-order valence-electron chi connectivity index (χ4n) is 3.06. The van der Waals surface area contributed by atoms with E-state index in [0.29, 0.717) is 5.75 Å². The van der Waals surface area contributed by atoms with E-state index in [1.165, 1.54) is 19.3 Å². The molecule has 2 rings (SSSR count). The fourth-order valence-corrected chi connectivity index (χ4v) is 3.06. The normalized spacial score (nSPS) is 16.7. The van der Waals surface area contributed by atoms with Crippen LogP contribution in [-0.4, -0.2) is 42.5 Å². The molecule has 1 atom stereocenters. The van der Waals surface area contributed by atoms with E-state index in [9.17, 15) is 9.59 Å². The predicted octanol–water partition coefficient (Wildman–Crippen LogP) is 3.00. The lowest BCUT2D eigenvalue weighted by Crippen LogP contribution is -2.52. The zero-order chi connectivity index (χ0) is 18.1. The zero-order valence-electron chi connectivity index (χ0n) is 15.4. The first-order chi connectivity index (χ1) is 12.1. The number of hydrogen-bond donors (Lipinski definition) is 1. The lowest BCUT2D eigenvalue weighted by Gasteiger charge is -2.31. The van der Waals surface area contributed by atoms with Gasteiger partial charge in [-0.05, 0) is 30.9 Å². The van der Waals surface area contributed by atoms with Crippen molar-refractivity contribution >= 4 is 11.8 Å². The molecule has 1 N–H and O–H groups in total. The summed E-state index contributed by atoms with van der Waals surface area (Å²) >= 11 is 0. The SMILES string of the molecule is CC(C)C(NC(=O)COc1ccccc1)C(=O)N1CCCCCCC1. The van der Waals surface area contributed by atoms with Gasteiger partial charge in [0.25, 0.3) is 5.91 Å². The number of carbonyl (C=O) groups excluding carboxylic acids is 2. The number of ether oxygens (including phenoxy) is 1. The van der Waals surface area contributed by atoms with Gasteiger partial charge in [0.2, 0.25) is 5.91 Å². The van der Waals surface area contributed by atoms with Crippen molar-refractivity contribution in [2.24, 2.45) is 5.92 Å². The highest BCUT2D eigenvalue weighted by molar-refractivity contribution is 5.88. The molecular weight excluding hydrogens is 316 g/mol. The largest absolute Gasteiger partial charge is 0.484 e. The average molecular weight is 346 g/mol. The van der Waals surface area contributed by atoms with Gasteiger partial charge in [0.15, 0.2) is 6.61 Å². The van der Waals surface area contributed by atoms with Crippen LogP contribution in [0.5, 0.6) is 5.75 Å². The Bertz CT molecular complexity index is 537. The molecule has 0 radical (unpaired) electrons. The minimum Gasteiger partial charge on any atom is -0.484 e. The van der Waals surface area contributed by atoms with Gasteiger partial charge in [0.1, 0.15) is 11.8 Å². The van der Waals surface area contributed by atoms with Crippen molar-refractivity contribution in [2.45, 2.75) is 52.0 Å². The highest BCUT2D eigenvalue weighted by atomic mass is 16.5. The predicted molar refractivity (Wildman–Crippen MR) is 98.4 cm³/mol. The maximum Gasteiger partial charge on any atom is 0.258 e. The van der Waals surface area contributed by atoms with E-state index in [0.717, 1.165) is 25.9 Å². The van der Waals surface area contributed by atoms with E-state index in [-0.39, 0.29) is 24.3 Å². The number of nitrogens with one attached hydrogen (secondary N) is 1. The second-order valence-corrected chi connectivity index (χ2v) is 6.98. The summed E-state index contributed by atoms with van der Waals surface area (Å²) in [6.07, 6.45) is 5.69. The first kappa shape index (κ1) is 19.3. The summed E-state index contributed by atoms with van der Waals surface area (Å²) in [7, 11) is 0. The molecule has 1 unspecified atom stereocenters. The van der Waals surface area contributed by atoms with Gasteiger partial charge < -0.3 is 15.0 Å². The molecule has 1 aliphatic rings. The number of amides is 2. The number of likely N-dealkylation sites (tertiary alicyclic amines) is 1. The molecule has 1 aromatic rings. The quantitative estimate of drug-likeness (QED) is 0.861. The van der Waals surface area contributed by atoms with Crippen molar-refractivity contribution in [1.82, 2.24) is 10.2 Å². The molecule has 2 amide bonds. The topological polar surface area (TPSA) is 58.6 Å². The second kappa shape index (κ2) is 10.1. The Morgan fingerprint density at radius 3 is 2.24 bits per heavy atom. The smallest absolute Gasteiger partial charge is 0.258 e. The summed E-state index contributed by atoms with van der Waals surface area (Å²) in [5.74, 6) is 0.459. The minimum atomic E-state index is -0.494. The summed E-state index contributed by atoms with van der Waals surface area (Å²) in [6.45, 7) is 5.42. The molecule has 0 spiro atoms. The van der Waals surface area contributed by atoms with Crippen molar-refractivity contribution in [3.8, 4) is 5.75 Å². The Hall–Kier alpha value is -2.04. The van der Waals surface area contributed by atoms with Crippen molar-refractivity contribution < 1.29 is 14.3 Å². The van der Waals surface area contributed by atoms with E-state index in [1.54, 1.807) is 12.1 Å². The number of rotatable bonds is 6. The van der Waals surface area contributed by atoms with E-state index < -0.39 is 6.04 Å². The van der Waals surface area contributed by atoms with Crippen LogP contribution in [-0.2, 0) is 9.59 Å². The number of nitrogens with zero attached hydrogens (tertiary/aromatic N) is 1. The number of benzene rings is 1. The Balaban J connectivity index is 1.89. The van der Waals surface area contributed by atoms with Crippen LogP contribution in [0.4, 0.5) is 0 Å². The highest BCUT2D eigenvalue weighted by Crippen LogP contribution is 2.14. The number of hydrogen-bond acceptors (Lipinski definition) is 3. The molecule has 1 aliphatic heterocycles. The van der Waals surface area contributed by atoms with Gasteiger partial charge in [-0.15, -0.1) is 0 Å². The van der Waals surface area contributed by atoms with Crippen LogP contribution >= 0.6 is 0 Å². The Kier molecular flexibility index (Phi) is 7.76. The van der Waals surface area contributed by atoms with Gasteiger partial charge in [0, 0.05) is 13.1 Å². The molecule has 0 aliphatic carbocycles. The first-order valence-electron chi connectivity index (χ1n) is 9.34. The van der Waals surface area contributed by atoms with E-state index >= 15 is 0 Å². The molecule has 5 heteroatoms. The average Bonchev–Trinajstić information content (AvgIpc) is 2.58. The minimum absolute atomic E-state index is 0.0324. The standard InChI is InChI=1S/C20H30N2O3/c1-16(2)19(20(24)22-13-9-4-3-5-10-14-22)21-18(23)15-25-17-11-7-6-8-12-17/h6-8,11-12,16,19H,3-5,9-10,13-15H2,1-2H3,(H,21,23). The van der Waals surface area contributed by atoms with E-state index in [1.807, 2.05) is 36.9 Å². The van der Waals surface area contributed by atoms with Crippen LogP contribution < -0.4 is 10.1 Å². The summed E-state index contributed by atoms with van der Waals surface area (Å²) in [6, 6.07) is 8.72. The van der Waals surface area contributed by atoms with E-state index in [2.05, 4.69) is 5.32 Å². The van der Waals surface area contributed by atoms with Gasteiger partial charge in [-0.2, -0.15) is 0 Å². The molecule has 5 nitrogen and oxygen atoms in total. The van der Waals surface area contributed by atoms with Crippen LogP contribution in [0.25, 0.3) is 0 Å². The van der Waals surface area contributed by atoms with Crippen LogP contribution in [0.1, 0.15) is 46.0 Å². The summed E-state index contributed by atoms with van der Waals surface area (Å²) in [5, 5.41) is 2.86. The Labute approximate surface area is 150 Å². The summed E-state index contributed by atoms with van der Waals surface area (Å²) < 4.78 is 5.47. The van der Waals surface area contributed by atoms with Crippen LogP contribution in [0.2, 0.25) is 0 Å². The molecule has 1 heterocycles. The van der Waals surface area contributed by atoms with Crippen LogP contribution in [0.15, 0.2) is 30.3 Å². The lowest BCUT2D eigenvalue weighted by molar-refractivity contribution is -0.138. The zero-order valence-corrected chi connectivity index (χ0v) is 15.4. The third kappa shape index (κ3) is 6.40. The maximum absolute atomic E-state index is 12.9. The molecule has 1 aromatic carbocycles. The summed E-state index contributed by atoms with van der Waals surface area (Å²) in [5.41, 5.74) is 0. The van der Waals surface area contributed by atoms with Crippen molar-refractivity contribution in [2.75, 3.05) is 19.7 Å². The summed E-state index contributed by atoms with van der Waals surface area (Å²) in [4.78, 5) is 27.0. The second-order valence-electron chi connectivity index (χ2n) is 6.98. The first-order valence-corrected chi connectivity index (χ1v) is 9.34. The Morgan fingerprint density at radius 2 is 1.64 bits per heavy atom. The number of carbonyl (C=O) groups is 2. The third-order valence-corrected chi connectivity index (χ3v) is 4.53. The molecule has 138 valence electrons. The van der Waals surface area contributed by atoms with Crippen molar-refractivity contribution in [3.63, 3.8) is 0 Å². The fraction of sp³-hybridized carbons (Fsp3) is 0.600. The van der Waals surface area contributed by atoms with Crippen molar-refractivity contribution in [3.05, 3.63) is 30.3 Å². The third-order valence-electron chi connectivity index (χ3n) is 4.53. The maximum atomic E-state index is 12.9. The van der Waals surface area contributed by atoms with Crippen molar-refractivity contribution in [1.29, 1.82) is 0 Å². The van der Waals surface area contributed by atoms with Crippen LogP contribution in [0, 0.1) is 5.92 Å². The highest BCUT2D eigenvalue weighted by Gasteiger charge is 2.28. The molecule has 0 bridgehead atoms. The van der Waals surface area contributed by atoms with Gasteiger partial charge >= 0.3 is 0 Å². The van der Waals surface area contributed by atoms with Gasteiger partial charge in [0.05, 0.1) is 0 Å². The van der Waals surface area contributed by atoms with Gasteiger partial charge in [-0.3, -0.25) is 9.59 Å². The molecular formula is C20H30N2O3. The van der Waals surface area contributed by atoms with Gasteiger partial charge in [-0.1, -0.05) is 51.3 Å². The van der Waals surface area contributed by atoms with Crippen LogP contribution in [0.3, 0.4) is 0 Å². The number of para-hydroxylation sites is 1. The molecule has 1 fully saturated rings. The lowest BCUT2D eigenvalue weighted by atomic mass is 10.0. The van der Waals surface area contributed by atoms with E-state index in [4.69, 9.17) is 4.74 Å². The Morgan fingerprint density at radius 1 is 1.04 bits per heavy atom. The molecule has 0 aromatic heterocycles. The monoisotopic (exact) mass is 346 g/mol. The molecule has 1 saturated heterocycles. The molecule has 0 saturated carbocycles. The molecule has 25 heavy (non-hydrogen) atoms.